The fraction of sp³-hybridized carbons (Fsp3) is 0.385. The molecule has 0 aromatic carbocycles. The topological polar surface area (TPSA) is 55.6 Å². The fourth-order valence-corrected chi connectivity index (χ4v) is 1.97. The lowest BCUT2D eigenvalue weighted by molar-refractivity contribution is -0.153. The van der Waals surface area contributed by atoms with E-state index in [0.717, 1.165) is 0 Å². The number of nitrogens with one attached hydrogen (secondary N) is 1. The van der Waals surface area contributed by atoms with Crippen molar-refractivity contribution in [1.82, 2.24) is 14.9 Å². The normalized spacial score (nSPS) is 13.2. The third kappa shape index (κ3) is 2.93. The van der Waals surface area contributed by atoms with Crippen molar-refractivity contribution in [1.29, 1.82) is 0 Å². The number of hydrogen-bond acceptors (Lipinski definition) is 3. The summed E-state index contributed by atoms with van der Waals surface area (Å²) in [5.41, 5.74) is 0.445. The highest BCUT2D eigenvalue weighted by Crippen LogP contribution is 2.23. The Hall–Kier alpha value is -2.25. The van der Waals surface area contributed by atoms with Crippen LogP contribution in [0, 0.1) is 0 Å². The van der Waals surface area contributed by atoms with Gasteiger partial charge in [-0.3, -0.25) is 4.79 Å². The lowest BCUT2D eigenvalue weighted by Gasteiger charge is -2.19. The van der Waals surface area contributed by atoms with E-state index in [1.807, 2.05) is 5.32 Å². The van der Waals surface area contributed by atoms with E-state index in [2.05, 4.69) is 5.10 Å². The number of ether oxygens (including phenoxy) is 1. The van der Waals surface area contributed by atoms with Gasteiger partial charge in [0.05, 0.1) is 24.4 Å². The molecule has 2 aromatic heterocycles. The summed E-state index contributed by atoms with van der Waals surface area (Å²) >= 11 is 0. The number of carbonyl (C=O) groups is 1. The fourth-order valence-electron chi connectivity index (χ4n) is 1.97. The van der Waals surface area contributed by atoms with Crippen LogP contribution in [-0.4, -0.2) is 34.8 Å². The third-order valence-corrected chi connectivity index (χ3v) is 3.07. The molecule has 114 valence electrons. The van der Waals surface area contributed by atoms with Gasteiger partial charge in [-0.05, 0) is 12.5 Å². The molecule has 0 aliphatic heterocycles. The Morgan fingerprint density at radius 3 is 2.76 bits per heavy atom. The van der Waals surface area contributed by atoms with E-state index in [0.29, 0.717) is 11.4 Å². The van der Waals surface area contributed by atoms with E-state index < -0.39 is 18.1 Å². The van der Waals surface area contributed by atoms with Gasteiger partial charge in [-0.25, -0.2) is 4.52 Å². The Labute approximate surface area is 118 Å². The summed E-state index contributed by atoms with van der Waals surface area (Å²) in [5.74, 6) is -0.433. The maximum Gasteiger partial charge on any atom is 0.408 e. The highest BCUT2D eigenvalue weighted by molar-refractivity contribution is 6.00. The molecular formula is C13H14F3N3O2. The molecule has 2 heterocycles. The van der Waals surface area contributed by atoms with Crippen molar-refractivity contribution in [3.05, 3.63) is 30.0 Å². The van der Waals surface area contributed by atoms with Crippen LogP contribution >= 0.6 is 0 Å². The number of carbonyl (C=O) groups excluding carboxylic acids is 1. The monoisotopic (exact) mass is 301 g/mol. The Balaban J connectivity index is 2.32. The van der Waals surface area contributed by atoms with Crippen molar-refractivity contribution in [2.24, 2.45) is 0 Å². The maximum absolute atomic E-state index is 12.7. The molecule has 0 aliphatic carbocycles. The van der Waals surface area contributed by atoms with E-state index in [1.165, 1.54) is 24.7 Å². The molecule has 1 unspecified atom stereocenters. The van der Waals surface area contributed by atoms with Crippen LogP contribution in [-0.2, 0) is 0 Å². The van der Waals surface area contributed by atoms with Gasteiger partial charge in [-0.2, -0.15) is 18.3 Å². The van der Waals surface area contributed by atoms with E-state index in [-0.39, 0.29) is 12.0 Å². The van der Waals surface area contributed by atoms with Crippen LogP contribution in [0.3, 0.4) is 0 Å². The molecule has 0 radical (unpaired) electrons. The molecule has 0 bridgehead atoms. The second-order valence-electron chi connectivity index (χ2n) is 4.40. The second kappa shape index (κ2) is 5.63. The summed E-state index contributed by atoms with van der Waals surface area (Å²) in [6, 6.07) is 2.96. The first-order valence-corrected chi connectivity index (χ1v) is 6.26. The number of hydrogen-bond donors (Lipinski definition) is 1. The first kappa shape index (κ1) is 15.1. The zero-order valence-electron chi connectivity index (χ0n) is 11.4. The molecule has 21 heavy (non-hydrogen) atoms. The third-order valence-electron chi connectivity index (χ3n) is 3.07. The summed E-state index contributed by atoms with van der Waals surface area (Å²) in [6.07, 6.45) is -3.50. The minimum atomic E-state index is -4.48. The lowest BCUT2D eigenvalue weighted by Crippen LogP contribution is -2.44. The van der Waals surface area contributed by atoms with Crippen molar-refractivity contribution < 1.29 is 22.7 Å². The van der Waals surface area contributed by atoms with E-state index >= 15 is 0 Å². The Kier molecular flexibility index (Phi) is 4.06. The lowest BCUT2D eigenvalue weighted by atomic mass is 10.2. The van der Waals surface area contributed by atoms with E-state index in [4.69, 9.17) is 4.74 Å². The molecule has 1 atom stereocenters. The first-order chi connectivity index (χ1) is 9.88. The Bertz CT molecular complexity index is 652. The number of alkyl halides is 3. The molecule has 8 heteroatoms. The van der Waals surface area contributed by atoms with Crippen molar-refractivity contribution in [2.75, 3.05) is 7.11 Å². The average molecular weight is 301 g/mol. The minimum absolute atomic E-state index is 0.0663. The molecule has 0 fully saturated rings. The highest BCUT2D eigenvalue weighted by Gasteiger charge is 2.39. The maximum atomic E-state index is 12.7. The molecule has 0 spiro atoms. The summed E-state index contributed by atoms with van der Waals surface area (Å²) < 4.78 is 44.5. The summed E-state index contributed by atoms with van der Waals surface area (Å²) in [4.78, 5) is 12.0. The second-order valence-corrected chi connectivity index (χ2v) is 4.40. The van der Waals surface area contributed by atoms with Crippen LogP contribution in [0.5, 0.6) is 5.88 Å². The molecule has 2 aromatic rings. The van der Waals surface area contributed by atoms with Gasteiger partial charge in [0.1, 0.15) is 6.04 Å². The zero-order chi connectivity index (χ0) is 15.6. The van der Waals surface area contributed by atoms with Crippen LogP contribution in [0.25, 0.3) is 5.52 Å². The molecule has 0 saturated carbocycles. The van der Waals surface area contributed by atoms with E-state index in [9.17, 15) is 18.0 Å². The number of methoxy groups -OCH3 is 1. The molecule has 0 saturated heterocycles. The van der Waals surface area contributed by atoms with Crippen molar-refractivity contribution >= 4 is 11.4 Å². The number of nitrogens with zero attached hydrogens (tertiary/aromatic N) is 2. The highest BCUT2D eigenvalue weighted by atomic mass is 19.4. The van der Waals surface area contributed by atoms with Gasteiger partial charge >= 0.3 is 6.18 Å². The molecule has 0 aliphatic rings. The standard InChI is InChI=1S/C13H14F3N3O2/c1-3-10(13(14,15)16)18-12(20)8-7-17-19-9(8)5-4-6-11(19)21-2/h4-7,10H,3H2,1-2H3,(H,18,20). The zero-order valence-corrected chi connectivity index (χ0v) is 11.4. The quantitative estimate of drug-likeness (QED) is 0.943. The number of amides is 1. The average Bonchev–Trinajstić information content (AvgIpc) is 2.87. The first-order valence-electron chi connectivity index (χ1n) is 6.26. The number of pyridine rings is 1. The van der Waals surface area contributed by atoms with Crippen molar-refractivity contribution in [3.8, 4) is 5.88 Å². The number of fused-ring (bicyclic) bond motifs is 1. The van der Waals surface area contributed by atoms with Gasteiger partial charge in [0, 0.05) is 6.07 Å². The minimum Gasteiger partial charge on any atom is -0.481 e. The molecular weight excluding hydrogens is 287 g/mol. The van der Waals surface area contributed by atoms with E-state index in [1.54, 1.807) is 18.2 Å². The molecule has 1 amide bonds. The number of aromatic nitrogens is 2. The molecule has 5 nitrogen and oxygen atoms in total. The summed E-state index contributed by atoms with van der Waals surface area (Å²) in [5, 5.41) is 5.94. The smallest absolute Gasteiger partial charge is 0.408 e. The Morgan fingerprint density at radius 1 is 1.48 bits per heavy atom. The molecule has 1 N–H and O–H groups in total. The van der Waals surface area contributed by atoms with Crippen LogP contribution < -0.4 is 10.1 Å². The Morgan fingerprint density at radius 2 is 2.19 bits per heavy atom. The van der Waals surface area contributed by atoms with Gasteiger partial charge in [-0.15, -0.1) is 0 Å². The van der Waals surface area contributed by atoms with Crippen molar-refractivity contribution in [2.45, 2.75) is 25.6 Å². The van der Waals surface area contributed by atoms with Gasteiger partial charge in [0.15, 0.2) is 0 Å². The van der Waals surface area contributed by atoms with Gasteiger partial charge in [0.25, 0.3) is 5.91 Å². The van der Waals surface area contributed by atoms with Crippen molar-refractivity contribution in [3.63, 3.8) is 0 Å². The molecule has 2 rings (SSSR count). The predicted molar refractivity (Wildman–Crippen MR) is 69.3 cm³/mol. The van der Waals surface area contributed by atoms with Crippen LogP contribution in [0.15, 0.2) is 24.4 Å². The summed E-state index contributed by atoms with van der Waals surface area (Å²) in [6.45, 7) is 1.36. The van der Waals surface area contributed by atoms with Gasteiger partial charge in [-0.1, -0.05) is 13.0 Å². The number of halogens is 3. The van der Waals surface area contributed by atoms with Gasteiger partial charge < -0.3 is 10.1 Å². The summed E-state index contributed by atoms with van der Waals surface area (Å²) in [7, 11) is 1.44. The van der Waals surface area contributed by atoms with Crippen LogP contribution in [0.1, 0.15) is 23.7 Å². The van der Waals surface area contributed by atoms with Gasteiger partial charge in [0.2, 0.25) is 5.88 Å². The largest absolute Gasteiger partial charge is 0.481 e. The number of rotatable bonds is 4. The van der Waals surface area contributed by atoms with Crippen LogP contribution in [0.2, 0.25) is 0 Å². The SMILES string of the molecule is CCC(NC(=O)c1cnn2c(OC)cccc12)C(F)(F)F. The predicted octanol–water partition coefficient (Wildman–Crippen LogP) is 2.41. The van der Waals surface area contributed by atoms with Crippen LogP contribution in [0.4, 0.5) is 13.2 Å².